The van der Waals surface area contributed by atoms with E-state index >= 15 is 0 Å². The van der Waals surface area contributed by atoms with Crippen LogP contribution in [0.4, 0.5) is 9.93 Å². The van der Waals surface area contributed by atoms with E-state index in [0.717, 1.165) is 15.7 Å². The molecule has 4 rings (SSSR count). The maximum absolute atomic E-state index is 13.0. The number of fused-ring (bicyclic) bond motifs is 1. The topological polar surface area (TPSA) is 91.4 Å². The molecule has 1 aliphatic rings. The summed E-state index contributed by atoms with van der Waals surface area (Å²) >= 11 is 1.26. The third-order valence-electron chi connectivity index (χ3n) is 4.58. The van der Waals surface area contributed by atoms with Gasteiger partial charge in [-0.2, -0.15) is 0 Å². The first-order chi connectivity index (χ1) is 13.0. The fourth-order valence-corrected chi connectivity index (χ4v) is 3.67. The third-order valence-corrected chi connectivity index (χ3v) is 5.27. The Labute approximate surface area is 159 Å². The molecule has 136 valence electrons. The van der Waals surface area contributed by atoms with Crippen molar-refractivity contribution >= 4 is 45.1 Å². The van der Waals surface area contributed by atoms with Crippen molar-refractivity contribution in [3.8, 4) is 0 Å². The second-order valence-corrected chi connectivity index (χ2v) is 7.29. The molecule has 1 aromatic heterocycles. The van der Waals surface area contributed by atoms with E-state index in [-0.39, 0.29) is 6.54 Å². The molecule has 2 N–H and O–H groups in total. The summed E-state index contributed by atoms with van der Waals surface area (Å²) in [7, 11) is 0. The minimum atomic E-state index is -1.22. The number of imide groups is 1. The molecule has 0 unspecified atom stereocenters. The van der Waals surface area contributed by atoms with E-state index < -0.39 is 23.4 Å². The van der Waals surface area contributed by atoms with E-state index in [1.165, 1.54) is 11.3 Å². The van der Waals surface area contributed by atoms with Crippen LogP contribution >= 0.6 is 11.3 Å². The summed E-state index contributed by atoms with van der Waals surface area (Å²) in [6, 6.07) is 12.8. The van der Waals surface area contributed by atoms with Crippen LogP contribution in [0.1, 0.15) is 12.5 Å². The molecule has 0 aliphatic carbocycles. The normalized spacial score (nSPS) is 19.4. The van der Waals surface area contributed by atoms with E-state index in [1.54, 1.807) is 18.5 Å². The quantitative estimate of drug-likeness (QED) is 0.681. The highest BCUT2D eigenvalue weighted by atomic mass is 32.1. The highest BCUT2D eigenvalue weighted by Crippen LogP contribution is 2.31. The van der Waals surface area contributed by atoms with Crippen LogP contribution in [0, 0.1) is 0 Å². The van der Waals surface area contributed by atoms with Gasteiger partial charge in [0.05, 0.1) is 0 Å². The first-order valence-corrected chi connectivity index (χ1v) is 9.18. The van der Waals surface area contributed by atoms with Crippen molar-refractivity contribution in [2.24, 2.45) is 0 Å². The van der Waals surface area contributed by atoms with Crippen molar-refractivity contribution in [1.82, 2.24) is 15.2 Å². The number of thiazole rings is 1. The van der Waals surface area contributed by atoms with Crippen molar-refractivity contribution < 1.29 is 14.4 Å². The lowest BCUT2D eigenvalue weighted by Crippen LogP contribution is -2.42. The standard InChI is InChI=1S/C19H16N4O3S/c1-19(14-7-6-12-4-2-3-5-13(12)10-14)16(25)23(18(26)22-19)11-15(24)21-17-20-8-9-27-17/h2-10H,11H2,1H3,(H,22,26)(H,20,21,24)/t19-/m1/s1. The minimum absolute atomic E-state index is 0.368. The molecule has 2 aromatic carbocycles. The molecule has 7 nitrogen and oxygen atoms in total. The molecular formula is C19H16N4O3S. The van der Waals surface area contributed by atoms with Crippen LogP contribution in [0.15, 0.2) is 54.0 Å². The predicted molar refractivity (Wildman–Crippen MR) is 102 cm³/mol. The molecule has 0 radical (unpaired) electrons. The largest absolute Gasteiger partial charge is 0.325 e. The fourth-order valence-electron chi connectivity index (χ4n) is 3.12. The monoisotopic (exact) mass is 380 g/mol. The molecule has 1 atom stereocenters. The Bertz CT molecular complexity index is 1050. The van der Waals surface area contributed by atoms with Crippen molar-refractivity contribution in [3.63, 3.8) is 0 Å². The molecule has 1 fully saturated rings. The zero-order chi connectivity index (χ0) is 19.0. The van der Waals surface area contributed by atoms with Crippen LogP contribution in [-0.4, -0.2) is 34.3 Å². The highest BCUT2D eigenvalue weighted by molar-refractivity contribution is 7.13. The summed E-state index contributed by atoms with van der Waals surface area (Å²) in [5.41, 5.74) is -0.551. The number of nitrogens with zero attached hydrogens (tertiary/aromatic N) is 2. The number of amides is 4. The van der Waals surface area contributed by atoms with E-state index in [4.69, 9.17) is 0 Å². The van der Waals surface area contributed by atoms with Crippen molar-refractivity contribution in [2.75, 3.05) is 11.9 Å². The van der Waals surface area contributed by atoms with Gasteiger partial charge in [0.2, 0.25) is 5.91 Å². The Morgan fingerprint density at radius 2 is 2.00 bits per heavy atom. The second-order valence-electron chi connectivity index (χ2n) is 6.39. The summed E-state index contributed by atoms with van der Waals surface area (Å²) in [5.74, 6) is -0.937. The summed E-state index contributed by atoms with van der Waals surface area (Å²) in [6.07, 6.45) is 1.56. The number of carbonyl (C=O) groups is 3. The minimum Gasteiger partial charge on any atom is -0.319 e. The number of urea groups is 1. The van der Waals surface area contributed by atoms with Gasteiger partial charge in [-0.15, -0.1) is 11.3 Å². The van der Waals surface area contributed by atoms with Crippen LogP contribution < -0.4 is 10.6 Å². The molecule has 4 amide bonds. The van der Waals surface area contributed by atoms with Crippen molar-refractivity contribution in [2.45, 2.75) is 12.5 Å². The molecular weight excluding hydrogens is 364 g/mol. The zero-order valence-corrected chi connectivity index (χ0v) is 15.2. The van der Waals surface area contributed by atoms with Crippen LogP contribution in [0.25, 0.3) is 10.8 Å². The molecule has 2 heterocycles. The molecule has 3 aromatic rings. The van der Waals surface area contributed by atoms with Gasteiger partial charge in [0.1, 0.15) is 12.1 Å². The third kappa shape index (κ3) is 3.04. The summed E-state index contributed by atoms with van der Waals surface area (Å²) in [5, 5.41) is 9.45. The number of rotatable bonds is 4. The Hall–Kier alpha value is -3.26. The van der Waals surface area contributed by atoms with Gasteiger partial charge in [-0.25, -0.2) is 9.78 Å². The van der Waals surface area contributed by atoms with Gasteiger partial charge in [0.25, 0.3) is 5.91 Å². The van der Waals surface area contributed by atoms with Crippen molar-refractivity contribution in [1.29, 1.82) is 0 Å². The Morgan fingerprint density at radius 1 is 1.22 bits per heavy atom. The number of anilines is 1. The molecule has 1 aliphatic heterocycles. The van der Waals surface area contributed by atoms with Gasteiger partial charge in [0.15, 0.2) is 5.13 Å². The number of hydrogen-bond donors (Lipinski definition) is 2. The number of aromatic nitrogens is 1. The molecule has 0 saturated carbocycles. The Morgan fingerprint density at radius 3 is 2.74 bits per heavy atom. The second kappa shape index (κ2) is 6.48. The first-order valence-electron chi connectivity index (χ1n) is 8.30. The van der Waals surface area contributed by atoms with Crippen LogP contribution in [-0.2, 0) is 15.1 Å². The maximum Gasteiger partial charge on any atom is 0.325 e. The van der Waals surface area contributed by atoms with Crippen LogP contribution in [0.2, 0.25) is 0 Å². The van der Waals surface area contributed by atoms with Gasteiger partial charge < -0.3 is 10.6 Å². The summed E-state index contributed by atoms with van der Waals surface area (Å²) in [6.45, 7) is 1.28. The van der Waals surface area contributed by atoms with E-state index in [9.17, 15) is 14.4 Å². The van der Waals surface area contributed by atoms with Crippen molar-refractivity contribution in [3.05, 3.63) is 59.6 Å². The molecule has 1 saturated heterocycles. The predicted octanol–water partition coefficient (Wildman–Crippen LogP) is 2.70. The summed E-state index contributed by atoms with van der Waals surface area (Å²) in [4.78, 5) is 42.4. The molecule has 0 spiro atoms. The molecule has 0 bridgehead atoms. The zero-order valence-electron chi connectivity index (χ0n) is 14.4. The van der Waals surface area contributed by atoms with E-state index in [1.807, 2.05) is 42.5 Å². The van der Waals surface area contributed by atoms with Gasteiger partial charge in [-0.05, 0) is 29.3 Å². The van der Waals surface area contributed by atoms with Gasteiger partial charge in [-0.3, -0.25) is 14.5 Å². The molecule has 8 heteroatoms. The summed E-state index contributed by atoms with van der Waals surface area (Å²) < 4.78 is 0. The first kappa shape index (κ1) is 17.2. The average Bonchev–Trinajstić information content (AvgIpc) is 3.24. The Balaban J connectivity index is 1.57. The fraction of sp³-hybridized carbons (Fsp3) is 0.158. The van der Waals surface area contributed by atoms with Gasteiger partial charge in [0, 0.05) is 11.6 Å². The lowest BCUT2D eigenvalue weighted by Gasteiger charge is -2.22. The number of benzene rings is 2. The van der Waals surface area contributed by atoms with Crippen LogP contribution in [0.5, 0.6) is 0 Å². The van der Waals surface area contributed by atoms with E-state index in [2.05, 4.69) is 15.6 Å². The number of nitrogens with one attached hydrogen (secondary N) is 2. The van der Waals surface area contributed by atoms with Gasteiger partial charge >= 0.3 is 6.03 Å². The lowest BCUT2D eigenvalue weighted by atomic mass is 9.90. The molecule has 27 heavy (non-hydrogen) atoms. The van der Waals surface area contributed by atoms with E-state index in [0.29, 0.717) is 10.7 Å². The smallest absolute Gasteiger partial charge is 0.319 e. The average molecular weight is 380 g/mol. The highest BCUT2D eigenvalue weighted by Gasteiger charge is 2.49. The van der Waals surface area contributed by atoms with Crippen LogP contribution in [0.3, 0.4) is 0 Å². The SMILES string of the molecule is C[C@]1(c2ccc3ccccc3c2)NC(=O)N(CC(=O)Nc2nccs2)C1=O. The Kier molecular flexibility index (Phi) is 4.12. The maximum atomic E-state index is 13.0. The van der Waals surface area contributed by atoms with Gasteiger partial charge in [-0.1, -0.05) is 36.4 Å². The number of hydrogen-bond acceptors (Lipinski definition) is 5. The lowest BCUT2D eigenvalue weighted by molar-refractivity contribution is -0.133. The number of carbonyl (C=O) groups excluding carboxylic acids is 3.